The van der Waals surface area contributed by atoms with Gasteiger partial charge in [0.25, 0.3) is 0 Å². The molecule has 2 fully saturated rings. The number of anilines is 1. The lowest BCUT2D eigenvalue weighted by atomic mass is 10.2. The first-order valence-electron chi connectivity index (χ1n) is 7.73. The summed E-state index contributed by atoms with van der Waals surface area (Å²) < 4.78 is 2.07. The zero-order valence-electron chi connectivity index (χ0n) is 13.2. The Kier molecular flexibility index (Phi) is 3.73. The number of aromatic nitrogens is 2. The molecular formula is C15H27N5. The van der Waals surface area contributed by atoms with Crippen LogP contribution in [0.2, 0.25) is 0 Å². The Hall–Kier alpha value is -1.07. The van der Waals surface area contributed by atoms with E-state index in [1.165, 1.54) is 36.3 Å². The van der Waals surface area contributed by atoms with Crippen LogP contribution in [0.1, 0.15) is 30.5 Å². The second kappa shape index (κ2) is 5.37. The Morgan fingerprint density at radius 2 is 2.05 bits per heavy atom. The Morgan fingerprint density at radius 1 is 1.30 bits per heavy atom. The van der Waals surface area contributed by atoms with Crippen molar-refractivity contribution in [1.82, 2.24) is 20.0 Å². The summed E-state index contributed by atoms with van der Waals surface area (Å²) >= 11 is 0. The van der Waals surface area contributed by atoms with Gasteiger partial charge in [0.2, 0.25) is 0 Å². The van der Waals surface area contributed by atoms with Gasteiger partial charge in [-0.15, -0.1) is 0 Å². The Morgan fingerprint density at radius 3 is 2.65 bits per heavy atom. The lowest BCUT2D eigenvalue weighted by molar-refractivity contribution is 0.315. The highest BCUT2D eigenvalue weighted by Gasteiger charge is 2.29. The van der Waals surface area contributed by atoms with E-state index in [0.717, 1.165) is 25.7 Å². The molecule has 20 heavy (non-hydrogen) atoms. The summed E-state index contributed by atoms with van der Waals surface area (Å²) in [5, 5.41) is 8.28. The summed E-state index contributed by atoms with van der Waals surface area (Å²) in [4.78, 5) is 4.85. The van der Waals surface area contributed by atoms with E-state index in [1.54, 1.807) is 0 Å². The van der Waals surface area contributed by atoms with Gasteiger partial charge in [-0.05, 0) is 40.3 Å². The number of aryl methyl sites for hydroxylation is 2. The van der Waals surface area contributed by atoms with Crippen LogP contribution in [0.25, 0.3) is 0 Å². The second-order valence-electron chi connectivity index (χ2n) is 6.52. The summed E-state index contributed by atoms with van der Waals surface area (Å²) in [5.74, 6) is 1.32. The minimum Gasteiger partial charge on any atom is -0.355 e. The van der Waals surface area contributed by atoms with E-state index >= 15 is 0 Å². The van der Waals surface area contributed by atoms with Gasteiger partial charge in [-0.2, -0.15) is 5.10 Å². The van der Waals surface area contributed by atoms with Gasteiger partial charge in [-0.1, -0.05) is 0 Å². The van der Waals surface area contributed by atoms with Crippen molar-refractivity contribution in [3.63, 3.8) is 0 Å². The fraction of sp³-hybridized carbons (Fsp3) is 0.800. The quantitative estimate of drug-likeness (QED) is 0.875. The number of rotatable bonds is 5. The highest BCUT2D eigenvalue weighted by molar-refractivity contribution is 5.51. The first-order chi connectivity index (χ1) is 9.56. The molecule has 0 radical (unpaired) electrons. The van der Waals surface area contributed by atoms with Gasteiger partial charge in [-0.3, -0.25) is 4.68 Å². The Balaban J connectivity index is 1.77. The number of nitrogens with zero attached hydrogens (tertiary/aromatic N) is 4. The lowest BCUT2D eigenvalue weighted by Gasteiger charge is -2.23. The normalized spacial score (nSPS) is 23.1. The molecule has 1 aliphatic carbocycles. The highest BCUT2D eigenvalue weighted by atomic mass is 15.4. The van der Waals surface area contributed by atoms with Gasteiger partial charge in [0.15, 0.2) is 0 Å². The van der Waals surface area contributed by atoms with Crippen molar-refractivity contribution in [3.8, 4) is 0 Å². The van der Waals surface area contributed by atoms with Gasteiger partial charge < -0.3 is 15.1 Å². The van der Waals surface area contributed by atoms with Crippen molar-refractivity contribution >= 4 is 5.82 Å². The van der Waals surface area contributed by atoms with Crippen LogP contribution in [0, 0.1) is 6.92 Å². The van der Waals surface area contributed by atoms with Crippen LogP contribution in [0.15, 0.2) is 0 Å². The maximum Gasteiger partial charge on any atom is 0.131 e. The molecule has 0 amide bonds. The zero-order chi connectivity index (χ0) is 14.3. The van der Waals surface area contributed by atoms with Gasteiger partial charge in [0.1, 0.15) is 5.82 Å². The monoisotopic (exact) mass is 277 g/mol. The summed E-state index contributed by atoms with van der Waals surface area (Å²) in [6.45, 7) is 5.34. The van der Waals surface area contributed by atoms with Crippen LogP contribution < -0.4 is 10.2 Å². The average Bonchev–Trinajstić information content (AvgIpc) is 3.00. The van der Waals surface area contributed by atoms with Crippen molar-refractivity contribution < 1.29 is 0 Å². The van der Waals surface area contributed by atoms with Crippen LogP contribution in [0.5, 0.6) is 0 Å². The molecule has 3 rings (SSSR count). The van der Waals surface area contributed by atoms with Gasteiger partial charge in [0, 0.05) is 44.3 Å². The van der Waals surface area contributed by atoms with Crippen LogP contribution in [0.4, 0.5) is 5.82 Å². The molecule has 1 unspecified atom stereocenters. The fourth-order valence-electron chi connectivity index (χ4n) is 3.18. The van der Waals surface area contributed by atoms with Crippen molar-refractivity contribution in [3.05, 3.63) is 11.3 Å². The van der Waals surface area contributed by atoms with Crippen LogP contribution in [-0.4, -0.2) is 53.9 Å². The number of hydrogen-bond acceptors (Lipinski definition) is 4. The third kappa shape index (κ3) is 2.69. The van der Waals surface area contributed by atoms with E-state index in [0.29, 0.717) is 6.04 Å². The lowest BCUT2D eigenvalue weighted by Crippen LogP contribution is -2.32. The standard InChI is InChI=1S/C15H27N5/c1-11-14(9-16-12-5-6-12)15(19(4)17-11)20-8-7-13(10-20)18(2)3/h12-13,16H,5-10H2,1-4H3. The summed E-state index contributed by atoms with van der Waals surface area (Å²) in [6, 6.07) is 1.41. The number of nitrogens with one attached hydrogen (secondary N) is 1. The van der Waals surface area contributed by atoms with E-state index in [2.05, 4.69) is 53.0 Å². The maximum absolute atomic E-state index is 4.65. The molecule has 1 saturated carbocycles. The van der Waals surface area contributed by atoms with E-state index < -0.39 is 0 Å². The SMILES string of the molecule is Cc1nn(C)c(N2CCC(N(C)C)C2)c1CNC1CC1. The third-order valence-electron chi connectivity index (χ3n) is 4.65. The highest BCUT2D eigenvalue weighted by Crippen LogP contribution is 2.29. The average molecular weight is 277 g/mol. The van der Waals surface area contributed by atoms with Crippen LogP contribution >= 0.6 is 0 Å². The molecule has 1 aromatic rings. The topological polar surface area (TPSA) is 36.3 Å². The van der Waals surface area contributed by atoms with E-state index in [1.807, 2.05) is 0 Å². The van der Waals surface area contributed by atoms with Gasteiger partial charge >= 0.3 is 0 Å². The molecule has 1 saturated heterocycles. The molecule has 112 valence electrons. The summed E-state index contributed by atoms with van der Waals surface area (Å²) in [5.41, 5.74) is 2.56. The molecule has 1 atom stereocenters. The predicted molar refractivity (Wildman–Crippen MR) is 82.1 cm³/mol. The largest absolute Gasteiger partial charge is 0.355 e. The van der Waals surface area contributed by atoms with E-state index in [9.17, 15) is 0 Å². The van der Waals surface area contributed by atoms with Crippen LogP contribution in [-0.2, 0) is 13.6 Å². The minimum absolute atomic E-state index is 0.662. The first kappa shape index (κ1) is 13.9. The van der Waals surface area contributed by atoms with E-state index in [-0.39, 0.29) is 0 Å². The molecule has 5 nitrogen and oxygen atoms in total. The van der Waals surface area contributed by atoms with Crippen LogP contribution in [0.3, 0.4) is 0 Å². The number of hydrogen-bond donors (Lipinski definition) is 1. The van der Waals surface area contributed by atoms with Gasteiger partial charge in [-0.25, -0.2) is 0 Å². The van der Waals surface area contributed by atoms with Crippen molar-refractivity contribution in [2.45, 2.75) is 44.8 Å². The molecule has 2 heterocycles. The predicted octanol–water partition coefficient (Wildman–Crippen LogP) is 1.12. The molecule has 2 aliphatic rings. The maximum atomic E-state index is 4.65. The second-order valence-corrected chi connectivity index (χ2v) is 6.52. The van der Waals surface area contributed by atoms with Gasteiger partial charge in [0.05, 0.1) is 5.69 Å². The van der Waals surface area contributed by atoms with Crippen molar-refractivity contribution in [2.75, 3.05) is 32.1 Å². The molecule has 1 N–H and O–H groups in total. The third-order valence-corrected chi connectivity index (χ3v) is 4.65. The van der Waals surface area contributed by atoms with Crippen molar-refractivity contribution in [1.29, 1.82) is 0 Å². The molecule has 0 aromatic carbocycles. The number of likely N-dealkylation sites (N-methyl/N-ethyl adjacent to an activating group) is 1. The molecule has 0 spiro atoms. The molecule has 5 heteroatoms. The Labute approximate surface area is 121 Å². The van der Waals surface area contributed by atoms with E-state index in [4.69, 9.17) is 0 Å². The molecule has 1 aromatic heterocycles. The molecular weight excluding hydrogens is 250 g/mol. The van der Waals surface area contributed by atoms with Crippen molar-refractivity contribution in [2.24, 2.45) is 7.05 Å². The first-order valence-corrected chi connectivity index (χ1v) is 7.73. The molecule has 0 bridgehead atoms. The molecule has 1 aliphatic heterocycles. The smallest absolute Gasteiger partial charge is 0.131 e. The Bertz CT molecular complexity index is 475. The minimum atomic E-state index is 0.662. The fourth-order valence-corrected chi connectivity index (χ4v) is 3.18. The summed E-state index contributed by atoms with van der Waals surface area (Å²) in [6.07, 6.45) is 3.91. The summed E-state index contributed by atoms with van der Waals surface area (Å²) in [7, 11) is 6.43. The zero-order valence-corrected chi connectivity index (χ0v) is 13.2.